The number of ether oxygens (including phenoxy) is 3. The summed E-state index contributed by atoms with van der Waals surface area (Å²) < 4.78 is 39.4. The number of aliphatic hydroxyl groups is 1. The van der Waals surface area contributed by atoms with E-state index in [9.17, 15) is 28.9 Å². The molecule has 0 aliphatic heterocycles. The van der Waals surface area contributed by atoms with E-state index in [0.29, 0.717) is 19.3 Å². The van der Waals surface area contributed by atoms with Crippen LogP contribution in [0.3, 0.4) is 0 Å². The van der Waals surface area contributed by atoms with Crippen molar-refractivity contribution in [3.05, 3.63) is 97.2 Å². The third kappa shape index (κ3) is 49.4. The molecule has 0 bridgehead atoms. The van der Waals surface area contributed by atoms with Gasteiger partial charge in [-0.25, -0.2) is 4.57 Å². The summed E-state index contributed by atoms with van der Waals surface area (Å²) in [6.45, 7) is 4.30. The smallest absolute Gasteiger partial charge is 0.462 e. The molecule has 11 nitrogen and oxygen atoms in total. The van der Waals surface area contributed by atoms with Crippen molar-refractivity contribution in [1.29, 1.82) is 0 Å². The van der Waals surface area contributed by atoms with Gasteiger partial charge in [-0.1, -0.05) is 176 Å². The Morgan fingerprint density at radius 2 is 0.743 bits per heavy atom. The fourth-order valence-electron chi connectivity index (χ4n) is 6.88. The number of phosphoric ester groups is 1. The number of rotatable bonds is 49. The zero-order chi connectivity index (χ0) is 51.3. The first kappa shape index (κ1) is 66.4. The molecule has 12 heteroatoms. The Kier molecular flexibility index (Phi) is 49.1. The molecule has 70 heavy (non-hydrogen) atoms. The molecule has 0 heterocycles. The maximum absolute atomic E-state index is 12.9. The summed E-state index contributed by atoms with van der Waals surface area (Å²) in [4.78, 5) is 48.4. The van der Waals surface area contributed by atoms with Crippen LogP contribution in [0.15, 0.2) is 97.2 Å². The van der Waals surface area contributed by atoms with Crippen LogP contribution in [0.1, 0.15) is 213 Å². The summed E-state index contributed by atoms with van der Waals surface area (Å²) in [7, 11) is -4.76. The first-order chi connectivity index (χ1) is 34.2. The Morgan fingerprint density at radius 1 is 0.414 bits per heavy atom. The third-order valence-corrected chi connectivity index (χ3v) is 11.9. The van der Waals surface area contributed by atoms with Gasteiger partial charge in [0.2, 0.25) is 0 Å². The lowest BCUT2D eigenvalue weighted by atomic mass is 10.1. The summed E-state index contributed by atoms with van der Waals surface area (Å²) in [5, 5.41) is 9.78. The van der Waals surface area contributed by atoms with E-state index in [0.717, 1.165) is 135 Å². The first-order valence-corrected chi connectivity index (χ1v) is 28.6. The minimum absolute atomic E-state index is 0.136. The summed E-state index contributed by atoms with van der Waals surface area (Å²) in [5.41, 5.74) is 0. The van der Waals surface area contributed by atoms with Crippen LogP contribution in [0.5, 0.6) is 0 Å². The van der Waals surface area contributed by atoms with Crippen molar-refractivity contribution in [3.63, 3.8) is 0 Å². The molecule has 0 aliphatic carbocycles. The lowest BCUT2D eigenvalue weighted by Crippen LogP contribution is -2.30. The van der Waals surface area contributed by atoms with E-state index < -0.39 is 57.8 Å². The zero-order valence-electron chi connectivity index (χ0n) is 43.9. The van der Waals surface area contributed by atoms with Crippen LogP contribution < -0.4 is 0 Å². The number of carbonyl (C=O) groups is 3. The predicted octanol–water partition coefficient (Wildman–Crippen LogP) is 15.7. The number of allylic oxidation sites excluding steroid dienone is 16. The highest BCUT2D eigenvalue weighted by Gasteiger charge is 2.28. The van der Waals surface area contributed by atoms with Crippen molar-refractivity contribution < 1.29 is 52.2 Å². The molecule has 400 valence electrons. The van der Waals surface area contributed by atoms with Crippen LogP contribution in [0, 0.1) is 0 Å². The van der Waals surface area contributed by atoms with Gasteiger partial charge in [0.25, 0.3) is 0 Å². The third-order valence-electron chi connectivity index (χ3n) is 11.0. The topological polar surface area (TPSA) is 155 Å². The average molecular weight is 1000 g/mol. The van der Waals surface area contributed by atoms with Gasteiger partial charge in [-0.05, 0) is 116 Å². The van der Waals surface area contributed by atoms with Crippen LogP contribution in [0.25, 0.3) is 0 Å². The highest BCUT2D eigenvalue weighted by molar-refractivity contribution is 7.47. The number of aliphatic hydroxyl groups excluding tert-OH is 1. The van der Waals surface area contributed by atoms with Gasteiger partial charge in [0.1, 0.15) is 12.7 Å². The van der Waals surface area contributed by atoms with Gasteiger partial charge in [-0.3, -0.25) is 23.4 Å². The molecule has 0 spiro atoms. The molecular formula is C58H97O11P. The van der Waals surface area contributed by atoms with Gasteiger partial charge in [-0.15, -0.1) is 0 Å². The van der Waals surface area contributed by atoms with Gasteiger partial charge in [0.15, 0.2) is 6.10 Å². The summed E-state index contributed by atoms with van der Waals surface area (Å²) in [6, 6.07) is 0. The number of phosphoric acid groups is 1. The fraction of sp³-hybridized carbons (Fsp3) is 0.672. The normalized spacial score (nSPS) is 14.2. The van der Waals surface area contributed by atoms with E-state index in [1.165, 1.54) is 19.3 Å². The Bertz CT molecular complexity index is 1540. The second-order valence-electron chi connectivity index (χ2n) is 17.6. The molecule has 2 N–H and O–H groups in total. The summed E-state index contributed by atoms with van der Waals surface area (Å²) in [6.07, 6.45) is 59.4. The lowest BCUT2D eigenvalue weighted by molar-refractivity contribution is -0.161. The second kappa shape index (κ2) is 51.7. The summed E-state index contributed by atoms with van der Waals surface area (Å²) in [5.74, 6) is -1.54. The molecule has 3 atom stereocenters. The zero-order valence-corrected chi connectivity index (χ0v) is 44.8. The van der Waals surface area contributed by atoms with Crippen LogP contribution in [-0.4, -0.2) is 66.5 Å². The molecule has 0 radical (unpaired) electrons. The Morgan fingerprint density at radius 3 is 1.16 bits per heavy atom. The van der Waals surface area contributed by atoms with E-state index in [4.69, 9.17) is 23.3 Å². The second-order valence-corrected chi connectivity index (χ2v) is 19.1. The van der Waals surface area contributed by atoms with E-state index >= 15 is 0 Å². The molecule has 0 aromatic carbocycles. The van der Waals surface area contributed by atoms with Gasteiger partial charge in [0, 0.05) is 19.3 Å². The number of esters is 3. The minimum Gasteiger partial charge on any atom is -0.462 e. The molecule has 0 aromatic rings. The van der Waals surface area contributed by atoms with Crippen molar-refractivity contribution in [2.75, 3.05) is 26.4 Å². The monoisotopic (exact) mass is 1000 g/mol. The molecular weight excluding hydrogens is 904 g/mol. The highest BCUT2D eigenvalue weighted by atomic mass is 31.2. The van der Waals surface area contributed by atoms with E-state index in [-0.39, 0.29) is 25.9 Å². The molecule has 0 amide bonds. The van der Waals surface area contributed by atoms with Crippen molar-refractivity contribution in [2.45, 2.75) is 226 Å². The molecule has 0 aromatic heterocycles. The molecule has 0 saturated carbocycles. The standard InChI is InChI=1S/C58H97O11P/c1-4-7-10-13-16-19-22-25-27-30-32-35-38-41-44-47-56(60)65-51-55(69-58(62)49-46-43-40-37-34-31-28-26-23-20-17-14-11-8-5-2)53-67-70(63,64)66-52-54(50-59)68-57(61)48-45-42-39-36-33-29-24-21-18-15-12-9-6-3/h8-9,11-12,16-21,25-29,33,54-55,59H,4-7,10,13-15,22-24,30-32,34-53H2,1-3H3,(H,63,64)/b11-8-,12-9-,19-16-,20-17-,21-18-,27-25-,28-26-,33-29-. The van der Waals surface area contributed by atoms with Crippen LogP contribution in [0.2, 0.25) is 0 Å². The van der Waals surface area contributed by atoms with E-state index in [1.54, 1.807) is 0 Å². The highest BCUT2D eigenvalue weighted by Crippen LogP contribution is 2.43. The molecule has 3 unspecified atom stereocenters. The average Bonchev–Trinajstić information content (AvgIpc) is 3.35. The number of hydrogen-bond donors (Lipinski definition) is 2. The molecule has 0 fully saturated rings. The predicted molar refractivity (Wildman–Crippen MR) is 288 cm³/mol. The maximum Gasteiger partial charge on any atom is 0.472 e. The summed E-state index contributed by atoms with van der Waals surface area (Å²) >= 11 is 0. The Balaban J connectivity index is 4.82. The largest absolute Gasteiger partial charge is 0.472 e. The molecule has 0 aliphatic rings. The van der Waals surface area contributed by atoms with Gasteiger partial charge in [0.05, 0.1) is 19.8 Å². The Hall–Kier alpha value is -3.60. The van der Waals surface area contributed by atoms with Crippen LogP contribution in [0.4, 0.5) is 0 Å². The van der Waals surface area contributed by atoms with Gasteiger partial charge < -0.3 is 24.2 Å². The van der Waals surface area contributed by atoms with Gasteiger partial charge >= 0.3 is 25.7 Å². The van der Waals surface area contributed by atoms with Crippen molar-refractivity contribution in [1.82, 2.24) is 0 Å². The van der Waals surface area contributed by atoms with Crippen LogP contribution in [-0.2, 0) is 42.2 Å². The quantitative estimate of drug-likeness (QED) is 0.0197. The maximum atomic E-state index is 12.9. The number of hydrogen-bond acceptors (Lipinski definition) is 10. The van der Waals surface area contributed by atoms with Crippen molar-refractivity contribution >= 4 is 25.7 Å². The fourth-order valence-corrected chi connectivity index (χ4v) is 7.67. The van der Waals surface area contributed by atoms with Gasteiger partial charge in [-0.2, -0.15) is 0 Å². The minimum atomic E-state index is -4.76. The number of unbranched alkanes of at least 4 members (excludes halogenated alkanes) is 16. The number of carbonyl (C=O) groups excluding carboxylic acids is 3. The van der Waals surface area contributed by atoms with Crippen molar-refractivity contribution in [2.24, 2.45) is 0 Å². The van der Waals surface area contributed by atoms with Crippen molar-refractivity contribution in [3.8, 4) is 0 Å². The van der Waals surface area contributed by atoms with E-state index in [2.05, 4.69) is 118 Å². The van der Waals surface area contributed by atoms with E-state index in [1.807, 2.05) is 0 Å². The molecule has 0 saturated heterocycles. The Labute approximate surface area is 425 Å². The SMILES string of the molecule is CC/C=C\C/C=C\C/C=C\CCCCCCCC(=O)OC(COC(=O)CCCCCCC/C=C\C/C=C\CCCCC)COP(=O)(O)OCC(CO)OC(=O)CCCCC/C=C\C/C=C\C/C=C\CC. The van der Waals surface area contributed by atoms with Crippen LogP contribution >= 0.6 is 7.82 Å². The lowest BCUT2D eigenvalue weighted by Gasteiger charge is -2.21. The first-order valence-electron chi connectivity index (χ1n) is 27.1. The molecule has 0 rings (SSSR count).